The van der Waals surface area contributed by atoms with Crippen LogP contribution in [0, 0.1) is 0 Å². The number of aromatic nitrogens is 1. The molecular weight excluding hydrogens is 222 g/mol. The first-order valence-corrected chi connectivity index (χ1v) is 5.83. The zero-order chi connectivity index (χ0) is 11.4. The van der Waals surface area contributed by atoms with Gasteiger partial charge in [-0.1, -0.05) is 30.3 Å². The monoisotopic (exact) mass is 233 g/mol. The molecule has 0 atom stereocenters. The van der Waals surface area contributed by atoms with Crippen molar-refractivity contribution in [3.63, 3.8) is 0 Å². The summed E-state index contributed by atoms with van der Waals surface area (Å²) in [7, 11) is 0. The predicted molar refractivity (Wildman–Crippen MR) is 63.8 cm³/mol. The van der Waals surface area contributed by atoms with Gasteiger partial charge in [0.15, 0.2) is 0 Å². The second kappa shape index (κ2) is 4.90. The van der Waals surface area contributed by atoms with E-state index in [1.807, 2.05) is 30.3 Å². The van der Waals surface area contributed by atoms with Crippen LogP contribution in [0.2, 0.25) is 0 Å². The SMILES string of the molecule is O=C(O)c1ccc(SCc2ccccc2)[nH]1. The van der Waals surface area contributed by atoms with Crippen molar-refractivity contribution >= 4 is 17.7 Å². The summed E-state index contributed by atoms with van der Waals surface area (Å²) < 4.78 is 0. The molecule has 0 unspecified atom stereocenters. The number of H-pyrrole nitrogens is 1. The molecule has 3 nitrogen and oxygen atoms in total. The fraction of sp³-hybridized carbons (Fsp3) is 0.0833. The molecule has 0 fully saturated rings. The van der Waals surface area contributed by atoms with Crippen LogP contribution in [0.5, 0.6) is 0 Å². The van der Waals surface area contributed by atoms with Crippen LogP contribution in [-0.2, 0) is 5.75 Å². The smallest absolute Gasteiger partial charge is 0.352 e. The van der Waals surface area contributed by atoms with Gasteiger partial charge in [0.05, 0.1) is 5.03 Å². The average molecular weight is 233 g/mol. The number of aromatic carboxylic acids is 1. The third-order valence-electron chi connectivity index (χ3n) is 2.13. The third-order valence-corrected chi connectivity index (χ3v) is 3.15. The molecule has 0 amide bonds. The lowest BCUT2D eigenvalue weighted by molar-refractivity contribution is 0.0691. The van der Waals surface area contributed by atoms with Gasteiger partial charge in [-0.3, -0.25) is 0 Å². The molecule has 2 N–H and O–H groups in total. The van der Waals surface area contributed by atoms with Crippen molar-refractivity contribution in [3.05, 3.63) is 53.7 Å². The molecule has 1 heterocycles. The zero-order valence-electron chi connectivity index (χ0n) is 8.51. The Balaban J connectivity index is 1.97. The minimum absolute atomic E-state index is 0.232. The van der Waals surface area contributed by atoms with Crippen LogP contribution in [-0.4, -0.2) is 16.1 Å². The number of rotatable bonds is 4. The van der Waals surface area contributed by atoms with E-state index in [0.29, 0.717) is 0 Å². The number of aromatic amines is 1. The first-order valence-electron chi connectivity index (χ1n) is 4.85. The van der Waals surface area contributed by atoms with E-state index >= 15 is 0 Å². The van der Waals surface area contributed by atoms with Crippen LogP contribution in [0.15, 0.2) is 47.5 Å². The fourth-order valence-corrected chi connectivity index (χ4v) is 2.18. The fourth-order valence-electron chi connectivity index (χ4n) is 1.32. The second-order valence-corrected chi connectivity index (χ2v) is 4.33. The normalized spacial score (nSPS) is 10.2. The molecule has 1 aromatic heterocycles. The number of hydrogen-bond donors (Lipinski definition) is 2. The van der Waals surface area contributed by atoms with Gasteiger partial charge in [0.2, 0.25) is 0 Å². The van der Waals surface area contributed by atoms with Gasteiger partial charge in [0.25, 0.3) is 0 Å². The molecule has 1 aromatic carbocycles. The molecule has 2 aromatic rings. The first-order chi connectivity index (χ1) is 7.75. The maximum absolute atomic E-state index is 10.6. The molecule has 0 spiro atoms. The zero-order valence-corrected chi connectivity index (χ0v) is 9.33. The van der Waals surface area contributed by atoms with Crippen LogP contribution in [0.1, 0.15) is 16.1 Å². The molecule has 0 bridgehead atoms. The van der Waals surface area contributed by atoms with Gasteiger partial charge in [-0.05, 0) is 17.7 Å². The summed E-state index contributed by atoms with van der Waals surface area (Å²) in [4.78, 5) is 13.5. The Bertz CT molecular complexity index is 479. The van der Waals surface area contributed by atoms with Crippen LogP contribution in [0.3, 0.4) is 0 Å². The van der Waals surface area contributed by atoms with Crippen molar-refractivity contribution in [1.29, 1.82) is 0 Å². The number of thioether (sulfide) groups is 1. The van der Waals surface area contributed by atoms with Crippen molar-refractivity contribution in [1.82, 2.24) is 4.98 Å². The Labute approximate surface area is 97.5 Å². The predicted octanol–water partition coefficient (Wildman–Crippen LogP) is 3.01. The van der Waals surface area contributed by atoms with Gasteiger partial charge < -0.3 is 10.1 Å². The van der Waals surface area contributed by atoms with Crippen molar-refractivity contribution in [2.24, 2.45) is 0 Å². The molecule has 4 heteroatoms. The largest absolute Gasteiger partial charge is 0.477 e. The van der Waals surface area contributed by atoms with E-state index in [1.54, 1.807) is 23.9 Å². The maximum Gasteiger partial charge on any atom is 0.352 e. The van der Waals surface area contributed by atoms with E-state index in [-0.39, 0.29) is 5.69 Å². The van der Waals surface area contributed by atoms with E-state index in [1.165, 1.54) is 5.56 Å². The Morgan fingerprint density at radius 1 is 1.19 bits per heavy atom. The van der Waals surface area contributed by atoms with Crippen LogP contribution < -0.4 is 0 Å². The Morgan fingerprint density at radius 3 is 2.56 bits per heavy atom. The Hall–Kier alpha value is -1.68. The number of carbonyl (C=O) groups is 1. The molecule has 0 radical (unpaired) electrons. The number of carboxylic acids is 1. The number of benzene rings is 1. The molecule has 16 heavy (non-hydrogen) atoms. The molecule has 0 aliphatic heterocycles. The number of nitrogens with one attached hydrogen (secondary N) is 1. The number of carboxylic acid groups (broad SMARTS) is 1. The highest BCUT2D eigenvalue weighted by Crippen LogP contribution is 2.21. The van der Waals surface area contributed by atoms with Gasteiger partial charge in [-0.15, -0.1) is 11.8 Å². The second-order valence-electron chi connectivity index (χ2n) is 3.32. The van der Waals surface area contributed by atoms with E-state index in [0.717, 1.165) is 10.8 Å². The molecule has 0 saturated heterocycles. The Kier molecular flexibility index (Phi) is 3.31. The van der Waals surface area contributed by atoms with E-state index in [2.05, 4.69) is 4.98 Å². The van der Waals surface area contributed by atoms with E-state index < -0.39 is 5.97 Å². The van der Waals surface area contributed by atoms with E-state index in [9.17, 15) is 4.79 Å². The highest BCUT2D eigenvalue weighted by atomic mass is 32.2. The van der Waals surface area contributed by atoms with Crippen LogP contribution >= 0.6 is 11.8 Å². The highest BCUT2D eigenvalue weighted by molar-refractivity contribution is 7.98. The minimum atomic E-state index is -0.924. The summed E-state index contributed by atoms with van der Waals surface area (Å²) in [6, 6.07) is 13.4. The van der Waals surface area contributed by atoms with Crippen molar-refractivity contribution in [2.45, 2.75) is 10.8 Å². The molecule has 0 aliphatic carbocycles. The Morgan fingerprint density at radius 2 is 1.94 bits per heavy atom. The molecular formula is C12H11NO2S. The summed E-state index contributed by atoms with van der Waals surface area (Å²) in [5.74, 6) is -0.0907. The molecule has 0 aliphatic rings. The number of hydrogen-bond acceptors (Lipinski definition) is 2. The average Bonchev–Trinajstić information content (AvgIpc) is 2.76. The summed E-state index contributed by atoms with van der Waals surface area (Å²) >= 11 is 1.59. The highest BCUT2D eigenvalue weighted by Gasteiger charge is 2.05. The lowest BCUT2D eigenvalue weighted by atomic mass is 10.2. The van der Waals surface area contributed by atoms with Crippen LogP contribution in [0.25, 0.3) is 0 Å². The van der Waals surface area contributed by atoms with Gasteiger partial charge in [-0.2, -0.15) is 0 Å². The van der Waals surface area contributed by atoms with Crippen molar-refractivity contribution in [2.75, 3.05) is 0 Å². The standard InChI is InChI=1S/C12H11NO2S/c14-12(15)10-6-7-11(13-10)16-8-9-4-2-1-3-5-9/h1-7,13H,8H2,(H,14,15). The van der Waals surface area contributed by atoms with Gasteiger partial charge >= 0.3 is 5.97 Å². The summed E-state index contributed by atoms with van der Waals surface area (Å²) in [5.41, 5.74) is 1.45. The maximum atomic E-state index is 10.6. The van der Waals surface area contributed by atoms with Gasteiger partial charge in [0, 0.05) is 5.75 Å². The van der Waals surface area contributed by atoms with Gasteiger partial charge in [0.1, 0.15) is 5.69 Å². The van der Waals surface area contributed by atoms with Gasteiger partial charge in [-0.25, -0.2) is 4.79 Å². The molecule has 82 valence electrons. The first kappa shape index (κ1) is 10.8. The summed E-state index contributed by atoms with van der Waals surface area (Å²) in [6.45, 7) is 0. The minimum Gasteiger partial charge on any atom is -0.477 e. The van der Waals surface area contributed by atoms with Crippen molar-refractivity contribution < 1.29 is 9.90 Å². The third kappa shape index (κ3) is 2.67. The quantitative estimate of drug-likeness (QED) is 0.798. The van der Waals surface area contributed by atoms with Crippen molar-refractivity contribution in [3.8, 4) is 0 Å². The molecule has 0 saturated carbocycles. The van der Waals surface area contributed by atoms with Crippen LogP contribution in [0.4, 0.5) is 0 Å². The topological polar surface area (TPSA) is 53.1 Å². The summed E-state index contributed by atoms with van der Waals surface area (Å²) in [6.07, 6.45) is 0. The lowest BCUT2D eigenvalue weighted by Crippen LogP contribution is -1.95. The summed E-state index contributed by atoms with van der Waals surface area (Å²) in [5, 5.41) is 9.62. The lowest BCUT2D eigenvalue weighted by Gasteiger charge is -1.98. The van der Waals surface area contributed by atoms with E-state index in [4.69, 9.17) is 5.11 Å². The molecule has 2 rings (SSSR count).